The van der Waals surface area contributed by atoms with E-state index in [2.05, 4.69) is 36.4 Å². The Morgan fingerprint density at radius 2 is 1.47 bits per heavy atom. The van der Waals surface area contributed by atoms with Crippen LogP contribution >= 0.6 is 0 Å². The summed E-state index contributed by atoms with van der Waals surface area (Å²) in [6.07, 6.45) is 8.39. The van der Waals surface area contributed by atoms with Gasteiger partial charge in [-0.2, -0.15) is 0 Å². The average Bonchev–Trinajstić information content (AvgIpc) is 2.84. The second kappa shape index (κ2) is 17.4. The van der Waals surface area contributed by atoms with E-state index in [1.54, 1.807) is 0 Å². The van der Waals surface area contributed by atoms with E-state index in [-0.39, 0.29) is 18.4 Å². The Bertz CT molecular complexity index is 727. The van der Waals surface area contributed by atoms with Crippen molar-refractivity contribution < 1.29 is 9.90 Å². The normalized spacial score (nSPS) is 12.8. The zero-order valence-electron chi connectivity index (χ0n) is 19.6. The van der Waals surface area contributed by atoms with Gasteiger partial charge in [0, 0.05) is 12.5 Å². The lowest BCUT2D eigenvalue weighted by Gasteiger charge is -2.21. The van der Waals surface area contributed by atoms with Gasteiger partial charge in [-0.25, -0.2) is 0 Å². The Hall–Kier alpha value is -2.45. The number of allylic oxidation sites excluding steroid dienone is 4. The first-order valence-corrected chi connectivity index (χ1v) is 11.2. The zero-order valence-corrected chi connectivity index (χ0v) is 19.6. The molecule has 2 atom stereocenters. The van der Waals surface area contributed by atoms with Gasteiger partial charge in [0.25, 0.3) is 0 Å². The van der Waals surface area contributed by atoms with Crippen molar-refractivity contribution >= 4 is 6.29 Å². The van der Waals surface area contributed by atoms with E-state index in [4.69, 9.17) is 0 Å². The Labute approximate surface area is 184 Å². The predicted octanol–water partition coefficient (Wildman–Crippen LogP) is 7.28. The Balaban J connectivity index is 0.00000198. The predicted molar refractivity (Wildman–Crippen MR) is 132 cm³/mol. The molecule has 2 aromatic rings. The van der Waals surface area contributed by atoms with Gasteiger partial charge < -0.3 is 9.90 Å². The van der Waals surface area contributed by atoms with Crippen LogP contribution in [0.5, 0.6) is 0 Å². The van der Waals surface area contributed by atoms with Gasteiger partial charge in [-0.15, -0.1) is 0 Å². The molecule has 0 aliphatic carbocycles. The minimum absolute atomic E-state index is 0.0106. The summed E-state index contributed by atoms with van der Waals surface area (Å²) in [5.41, 5.74) is 4.63. The molecule has 0 unspecified atom stereocenters. The van der Waals surface area contributed by atoms with Crippen LogP contribution in [-0.4, -0.2) is 18.0 Å². The minimum atomic E-state index is -0.184. The molecule has 0 aliphatic heterocycles. The molecule has 2 heteroatoms. The van der Waals surface area contributed by atoms with Gasteiger partial charge in [0.2, 0.25) is 0 Å². The van der Waals surface area contributed by atoms with Gasteiger partial charge in [-0.1, -0.05) is 106 Å². The van der Waals surface area contributed by atoms with Crippen LogP contribution in [0.2, 0.25) is 0 Å². The third-order valence-electron chi connectivity index (χ3n) is 4.80. The molecular weight excluding hydrogens is 368 g/mol. The summed E-state index contributed by atoms with van der Waals surface area (Å²) in [4.78, 5) is 11.6. The molecule has 0 aliphatic rings. The maximum atomic E-state index is 11.6. The van der Waals surface area contributed by atoms with Crippen LogP contribution in [0.3, 0.4) is 0 Å². The second-order valence-corrected chi connectivity index (χ2v) is 6.58. The largest absolute Gasteiger partial charge is 0.396 e. The molecule has 0 saturated carbocycles. The number of rotatable bonds is 9. The Morgan fingerprint density at radius 3 is 1.93 bits per heavy atom. The van der Waals surface area contributed by atoms with Crippen molar-refractivity contribution in [2.75, 3.05) is 6.61 Å². The lowest BCUT2D eigenvalue weighted by Crippen LogP contribution is -2.22. The third-order valence-corrected chi connectivity index (χ3v) is 4.80. The number of carbonyl (C=O) groups is 1. The first-order chi connectivity index (χ1) is 14.7. The Kier molecular flexibility index (Phi) is 16.0. The smallest absolute Gasteiger partial charge is 0.123 e. The zero-order chi connectivity index (χ0) is 22.8. The van der Waals surface area contributed by atoms with E-state index in [1.807, 2.05) is 78.0 Å². The highest BCUT2D eigenvalue weighted by Crippen LogP contribution is 2.25. The number of hydrogen-bond donors (Lipinski definition) is 1. The average molecular weight is 409 g/mol. The number of aliphatic hydroxyl groups is 1. The molecule has 0 heterocycles. The van der Waals surface area contributed by atoms with Crippen molar-refractivity contribution in [3.05, 3.63) is 84.0 Å². The maximum absolute atomic E-state index is 11.6. The van der Waals surface area contributed by atoms with Crippen molar-refractivity contribution in [3.8, 4) is 11.1 Å². The van der Waals surface area contributed by atoms with Gasteiger partial charge in [0.1, 0.15) is 6.29 Å². The number of carbonyl (C=O) groups excluding carboxylic acids is 1. The van der Waals surface area contributed by atoms with Crippen molar-refractivity contribution in [3.63, 3.8) is 0 Å². The van der Waals surface area contributed by atoms with E-state index in [1.165, 1.54) is 11.1 Å². The third kappa shape index (κ3) is 9.37. The highest BCUT2D eigenvalue weighted by Gasteiger charge is 2.21. The van der Waals surface area contributed by atoms with Gasteiger partial charge in [0.15, 0.2) is 0 Å². The fourth-order valence-corrected chi connectivity index (χ4v) is 3.21. The van der Waals surface area contributed by atoms with Crippen LogP contribution in [-0.2, 0) is 11.2 Å². The maximum Gasteiger partial charge on any atom is 0.123 e. The van der Waals surface area contributed by atoms with Gasteiger partial charge in [-0.3, -0.25) is 0 Å². The van der Waals surface area contributed by atoms with Crippen molar-refractivity contribution in [1.29, 1.82) is 0 Å². The molecule has 0 spiro atoms. The van der Waals surface area contributed by atoms with Crippen LogP contribution in [0.4, 0.5) is 0 Å². The number of aldehydes is 1. The van der Waals surface area contributed by atoms with Crippen LogP contribution < -0.4 is 0 Å². The monoisotopic (exact) mass is 408 g/mol. The van der Waals surface area contributed by atoms with Gasteiger partial charge >= 0.3 is 0 Å². The number of aliphatic hydroxyl groups excluding tert-OH is 1. The summed E-state index contributed by atoms with van der Waals surface area (Å²) in [6, 6.07) is 18.6. The summed E-state index contributed by atoms with van der Waals surface area (Å²) in [7, 11) is 0. The van der Waals surface area contributed by atoms with E-state index in [0.717, 1.165) is 17.4 Å². The van der Waals surface area contributed by atoms with Gasteiger partial charge in [-0.05, 0) is 49.3 Å². The molecule has 2 rings (SSSR count). The number of hydrogen-bond acceptors (Lipinski definition) is 2. The van der Waals surface area contributed by atoms with Crippen LogP contribution in [0.25, 0.3) is 11.1 Å². The molecule has 0 amide bonds. The van der Waals surface area contributed by atoms with E-state index >= 15 is 0 Å². The molecule has 0 fully saturated rings. The molecule has 30 heavy (non-hydrogen) atoms. The molecule has 0 saturated heterocycles. The fraction of sp³-hybridized carbons (Fsp3) is 0.393. The SMILES string of the molecule is C/C=C\C(=C/C)C[C@H](C=O)[C@@H](CO)Cc1ccc(-c2ccccc2)cc1.CC.CC. The highest BCUT2D eigenvalue weighted by atomic mass is 16.3. The van der Waals surface area contributed by atoms with Crippen molar-refractivity contribution in [2.24, 2.45) is 11.8 Å². The highest BCUT2D eigenvalue weighted by molar-refractivity contribution is 5.63. The summed E-state index contributed by atoms with van der Waals surface area (Å²) >= 11 is 0. The molecule has 2 aromatic carbocycles. The van der Waals surface area contributed by atoms with E-state index < -0.39 is 0 Å². The summed E-state index contributed by atoms with van der Waals surface area (Å²) in [5, 5.41) is 9.84. The first-order valence-electron chi connectivity index (χ1n) is 11.2. The van der Waals surface area contributed by atoms with Crippen molar-refractivity contribution in [2.45, 2.75) is 54.4 Å². The van der Waals surface area contributed by atoms with Crippen LogP contribution in [0, 0.1) is 11.8 Å². The van der Waals surface area contributed by atoms with Crippen LogP contribution in [0.1, 0.15) is 53.5 Å². The lowest BCUT2D eigenvalue weighted by molar-refractivity contribution is -0.113. The molecule has 2 nitrogen and oxygen atoms in total. The van der Waals surface area contributed by atoms with Crippen LogP contribution in [0.15, 0.2) is 78.4 Å². The Morgan fingerprint density at radius 1 is 0.900 bits per heavy atom. The lowest BCUT2D eigenvalue weighted by atomic mass is 9.83. The number of benzene rings is 2. The fourth-order valence-electron chi connectivity index (χ4n) is 3.21. The van der Waals surface area contributed by atoms with Crippen molar-refractivity contribution in [1.82, 2.24) is 0 Å². The summed E-state index contributed by atoms with van der Waals surface area (Å²) in [6.45, 7) is 12.0. The van der Waals surface area contributed by atoms with Gasteiger partial charge in [0.05, 0.1) is 0 Å². The van der Waals surface area contributed by atoms with E-state index in [0.29, 0.717) is 12.8 Å². The molecule has 0 radical (unpaired) electrons. The molecule has 164 valence electrons. The second-order valence-electron chi connectivity index (χ2n) is 6.58. The standard InChI is InChI=1S/C24H28O2.2C2H6/c1-3-8-19(4-2)15-23(17-25)24(18-26)16-20-11-13-22(14-12-20)21-9-6-5-7-10-21;2*1-2/h3-14,17,23-24,26H,15-16,18H2,1-2H3;2*1-2H3/b8-3-,19-4+;;/t23-,24-;;/m1../s1. The molecular formula is C28H40O2. The summed E-state index contributed by atoms with van der Waals surface area (Å²) in [5.74, 6) is -0.258. The van der Waals surface area contributed by atoms with E-state index in [9.17, 15) is 9.90 Å². The molecule has 1 N–H and O–H groups in total. The quantitative estimate of drug-likeness (QED) is 0.349. The molecule has 0 bridgehead atoms. The first kappa shape index (κ1) is 27.5. The molecule has 0 aromatic heterocycles. The minimum Gasteiger partial charge on any atom is -0.396 e. The summed E-state index contributed by atoms with van der Waals surface area (Å²) < 4.78 is 0. The topological polar surface area (TPSA) is 37.3 Å².